The van der Waals surface area contributed by atoms with Crippen molar-refractivity contribution in [1.82, 2.24) is 15.0 Å². The summed E-state index contributed by atoms with van der Waals surface area (Å²) in [7, 11) is 0. The Morgan fingerprint density at radius 3 is 2.22 bits per heavy atom. The maximum atomic E-state index is 6.43. The van der Waals surface area contributed by atoms with E-state index in [2.05, 4.69) is 134 Å². The van der Waals surface area contributed by atoms with E-state index in [-0.39, 0.29) is 0 Å². The van der Waals surface area contributed by atoms with E-state index in [9.17, 15) is 0 Å². The second kappa shape index (κ2) is 13.4. The average molecular weight is 678 g/mol. The first-order valence-electron chi connectivity index (χ1n) is 17.6. The van der Waals surface area contributed by atoms with Crippen LogP contribution in [0.1, 0.15) is 43.1 Å². The molecule has 1 aliphatic carbocycles. The number of thiophene rings is 1. The Bertz CT molecular complexity index is 2640. The van der Waals surface area contributed by atoms with Gasteiger partial charge >= 0.3 is 0 Å². The minimum Gasteiger partial charge on any atom is -0.460 e. The zero-order valence-electron chi connectivity index (χ0n) is 28.3. The van der Waals surface area contributed by atoms with Crippen molar-refractivity contribution in [2.75, 3.05) is 0 Å². The molecule has 8 aromatic rings. The Kier molecular flexibility index (Phi) is 8.19. The highest BCUT2D eigenvalue weighted by Crippen LogP contribution is 2.44. The second-order valence-corrected chi connectivity index (χ2v) is 14.0. The molecule has 0 fully saturated rings. The quantitative estimate of drug-likeness (QED) is 0.119. The van der Waals surface area contributed by atoms with Gasteiger partial charge in [-0.25, -0.2) is 15.0 Å². The topological polar surface area (TPSA) is 51.8 Å². The zero-order valence-corrected chi connectivity index (χ0v) is 29.2. The molecule has 5 aromatic carbocycles. The molecule has 0 spiro atoms. The highest BCUT2D eigenvalue weighted by Gasteiger charge is 2.20. The lowest BCUT2D eigenvalue weighted by Gasteiger charge is -2.11. The van der Waals surface area contributed by atoms with Crippen molar-refractivity contribution < 1.29 is 4.42 Å². The van der Waals surface area contributed by atoms with Crippen molar-refractivity contribution in [3.63, 3.8) is 0 Å². The van der Waals surface area contributed by atoms with Crippen LogP contribution in [0.2, 0.25) is 0 Å². The summed E-state index contributed by atoms with van der Waals surface area (Å²) in [4.78, 5) is 15.3. The third kappa shape index (κ3) is 6.00. The van der Waals surface area contributed by atoms with E-state index < -0.39 is 0 Å². The van der Waals surface area contributed by atoms with Crippen LogP contribution in [0.25, 0.3) is 88.6 Å². The number of benzene rings is 5. The van der Waals surface area contributed by atoms with Gasteiger partial charge < -0.3 is 4.42 Å². The van der Waals surface area contributed by atoms with E-state index in [1.54, 1.807) is 0 Å². The molecule has 0 aliphatic heterocycles. The maximum Gasteiger partial charge on any atom is 0.164 e. The summed E-state index contributed by atoms with van der Waals surface area (Å²) in [5.74, 6) is 3.01. The smallest absolute Gasteiger partial charge is 0.164 e. The lowest BCUT2D eigenvalue weighted by Crippen LogP contribution is -2.00. The molecule has 0 radical (unpaired) electrons. The van der Waals surface area contributed by atoms with Crippen molar-refractivity contribution in [2.45, 2.75) is 32.6 Å². The van der Waals surface area contributed by atoms with Gasteiger partial charge in [0.1, 0.15) is 11.3 Å². The third-order valence-corrected chi connectivity index (χ3v) is 10.8. The molecule has 0 amide bonds. The van der Waals surface area contributed by atoms with Crippen LogP contribution in [0.5, 0.6) is 0 Å². The summed E-state index contributed by atoms with van der Waals surface area (Å²) in [6.07, 6.45) is 17.1. The van der Waals surface area contributed by atoms with Gasteiger partial charge in [0.2, 0.25) is 0 Å². The Morgan fingerprint density at radius 2 is 1.39 bits per heavy atom. The molecular formula is C46H35N3OS. The van der Waals surface area contributed by atoms with Crippen LogP contribution in [-0.2, 0) is 6.42 Å². The molecule has 3 aromatic heterocycles. The SMILES string of the molecule is C/C=C\CC/C=C/c1ccc(-c2nc(-c3ccccc3)nc(-c3cc(-c4ccc5c6c(oc5c4)CCC=C6)c4sc5ccccc5c4c3)n2)cc1. The second-order valence-electron chi connectivity index (χ2n) is 12.9. The first kappa shape index (κ1) is 31.1. The number of hydrogen-bond donors (Lipinski definition) is 0. The van der Waals surface area contributed by atoms with Gasteiger partial charge in [-0.3, -0.25) is 0 Å². The normalized spacial score (nSPS) is 13.0. The molecule has 0 saturated heterocycles. The number of aryl methyl sites for hydroxylation is 1. The Morgan fingerprint density at radius 1 is 0.667 bits per heavy atom. The summed E-state index contributed by atoms with van der Waals surface area (Å²) < 4.78 is 8.92. The number of aromatic nitrogens is 3. The summed E-state index contributed by atoms with van der Waals surface area (Å²) in [5, 5.41) is 3.59. The van der Waals surface area contributed by atoms with Gasteiger partial charge in [0.05, 0.1) is 0 Å². The molecule has 246 valence electrons. The standard InChI is InChI=1S/C46H35N3OS/c1-2-3-4-5-7-14-30-21-23-32(24-22-30)45-47-44(31-15-8-6-9-16-31)48-46(49-45)34-27-38(43-39(28-34)37-18-11-13-20-42(37)51-43)33-25-26-36-35-17-10-12-19-40(35)50-41(36)29-33/h2-3,6-11,13-18,20-29H,4-5,12,19H2,1H3/b3-2-,14-7+. The molecule has 51 heavy (non-hydrogen) atoms. The molecule has 0 saturated carbocycles. The number of fused-ring (bicyclic) bond motifs is 6. The number of allylic oxidation sites excluding steroid dienone is 4. The highest BCUT2D eigenvalue weighted by molar-refractivity contribution is 7.26. The third-order valence-electron chi connectivity index (χ3n) is 9.56. The molecule has 4 nitrogen and oxygen atoms in total. The fourth-order valence-corrected chi connectivity index (χ4v) is 8.18. The van der Waals surface area contributed by atoms with E-state index in [0.717, 1.165) is 70.4 Å². The molecule has 5 heteroatoms. The zero-order chi connectivity index (χ0) is 34.1. The van der Waals surface area contributed by atoms with Crippen molar-refractivity contribution in [3.8, 4) is 45.3 Å². The fourth-order valence-electron chi connectivity index (χ4n) is 6.96. The van der Waals surface area contributed by atoms with Gasteiger partial charge in [0, 0.05) is 59.8 Å². The van der Waals surface area contributed by atoms with Crippen LogP contribution in [0.15, 0.2) is 138 Å². The minimum absolute atomic E-state index is 0.643. The predicted molar refractivity (Wildman–Crippen MR) is 215 cm³/mol. The van der Waals surface area contributed by atoms with E-state index >= 15 is 0 Å². The van der Waals surface area contributed by atoms with Gasteiger partial charge in [-0.2, -0.15) is 0 Å². The van der Waals surface area contributed by atoms with Crippen molar-refractivity contribution in [1.29, 1.82) is 0 Å². The molecule has 0 atom stereocenters. The van der Waals surface area contributed by atoms with E-state index in [4.69, 9.17) is 19.4 Å². The number of hydrogen-bond acceptors (Lipinski definition) is 5. The number of nitrogens with zero attached hydrogens (tertiary/aromatic N) is 3. The number of furan rings is 1. The Hall–Kier alpha value is -5.91. The Labute approximate surface area is 301 Å². The van der Waals surface area contributed by atoms with Crippen molar-refractivity contribution in [3.05, 3.63) is 150 Å². The molecule has 0 unspecified atom stereocenters. The summed E-state index contributed by atoms with van der Waals surface area (Å²) in [6.45, 7) is 2.06. The van der Waals surface area contributed by atoms with Crippen LogP contribution in [0.4, 0.5) is 0 Å². The molecular weight excluding hydrogens is 643 g/mol. The summed E-state index contributed by atoms with van der Waals surface area (Å²) >= 11 is 1.83. The van der Waals surface area contributed by atoms with Crippen LogP contribution in [-0.4, -0.2) is 15.0 Å². The molecule has 0 bridgehead atoms. The summed E-state index contributed by atoms with van der Waals surface area (Å²) in [5.41, 5.74) is 8.40. The molecule has 9 rings (SSSR count). The summed E-state index contributed by atoms with van der Waals surface area (Å²) in [6, 6.07) is 38.4. The van der Waals surface area contributed by atoms with Crippen molar-refractivity contribution in [2.24, 2.45) is 0 Å². The monoisotopic (exact) mass is 677 g/mol. The van der Waals surface area contributed by atoms with E-state index in [1.165, 1.54) is 31.1 Å². The van der Waals surface area contributed by atoms with Crippen LogP contribution >= 0.6 is 11.3 Å². The first-order chi connectivity index (χ1) is 25.2. The van der Waals surface area contributed by atoms with Gasteiger partial charge in [-0.1, -0.05) is 115 Å². The molecule has 0 N–H and O–H groups in total. The number of unbranched alkanes of at least 4 members (excludes halogenated alkanes) is 1. The largest absolute Gasteiger partial charge is 0.460 e. The lowest BCUT2D eigenvalue weighted by atomic mass is 9.97. The van der Waals surface area contributed by atoms with E-state index in [1.807, 2.05) is 29.5 Å². The van der Waals surface area contributed by atoms with Crippen LogP contribution in [0, 0.1) is 0 Å². The predicted octanol–water partition coefficient (Wildman–Crippen LogP) is 13.0. The first-order valence-corrected chi connectivity index (χ1v) is 18.4. The van der Waals surface area contributed by atoms with Crippen LogP contribution in [0.3, 0.4) is 0 Å². The van der Waals surface area contributed by atoms with Crippen molar-refractivity contribution >= 4 is 54.6 Å². The van der Waals surface area contributed by atoms with Crippen LogP contribution < -0.4 is 0 Å². The Balaban J connectivity index is 1.20. The van der Waals surface area contributed by atoms with Gasteiger partial charge in [0.15, 0.2) is 17.5 Å². The lowest BCUT2D eigenvalue weighted by molar-refractivity contribution is 0.546. The van der Waals surface area contributed by atoms with Gasteiger partial charge in [0.25, 0.3) is 0 Å². The van der Waals surface area contributed by atoms with Gasteiger partial charge in [-0.15, -0.1) is 11.3 Å². The fraction of sp³-hybridized carbons (Fsp3) is 0.109. The maximum absolute atomic E-state index is 6.43. The van der Waals surface area contributed by atoms with Gasteiger partial charge in [-0.05, 0) is 67.6 Å². The highest BCUT2D eigenvalue weighted by atomic mass is 32.1. The number of rotatable bonds is 8. The average Bonchev–Trinajstić information content (AvgIpc) is 3.76. The minimum atomic E-state index is 0.643. The molecule has 1 aliphatic rings. The van der Waals surface area contributed by atoms with E-state index in [0.29, 0.717) is 17.5 Å². The molecule has 3 heterocycles.